The van der Waals surface area contributed by atoms with Crippen LogP contribution >= 0.6 is 0 Å². The number of Topliss-reactive ketones (excluding diaryl/α,β-unsaturated/α-hetero) is 1. The van der Waals surface area contributed by atoms with E-state index in [0.29, 0.717) is 12.5 Å². The standard InChI is InChI=1S/C19H21NO2/c1-2-10-20-11-9-19-8-4-3-5-15(19)17(20)18(22)14-7-6-13(21)12-16(14)19/h1,6-7,12,15,17,21H,3-5,8-11H2/t15-,17+,19+/m0/s1. The molecular formula is C19H21NO2. The van der Waals surface area contributed by atoms with E-state index in [1.807, 2.05) is 12.1 Å². The van der Waals surface area contributed by atoms with Crippen molar-refractivity contribution in [3.8, 4) is 18.1 Å². The van der Waals surface area contributed by atoms with Crippen molar-refractivity contribution in [2.24, 2.45) is 5.92 Å². The molecule has 1 saturated carbocycles. The predicted molar refractivity (Wildman–Crippen MR) is 84.9 cm³/mol. The number of carbonyl (C=O) groups excluding carboxylic acids is 1. The Hall–Kier alpha value is -1.79. The second kappa shape index (κ2) is 4.86. The zero-order chi connectivity index (χ0) is 15.3. The zero-order valence-corrected chi connectivity index (χ0v) is 12.7. The van der Waals surface area contributed by atoms with Crippen LogP contribution in [0.15, 0.2) is 18.2 Å². The number of ketones is 1. The van der Waals surface area contributed by atoms with E-state index in [1.165, 1.54) is 12.8 Å². The predicted octanol–water partition coefficient (Wildman–Crippen LogP) is 2.72. The quantitative estimate of drug-likeness (QED) is 0.810. The summed E-state index contributed by atoms with van der Waals surface area (Å²) in [5.74, 6) is 3.55. The van der Waals surface area contributed by atoms with Gasteiger partial charge >= 0.3 is 0 Å². The summed E-state index contributed by atoms with van der Waals surface area (Å²) >= 11 is 0. The fraction of sp³-hybridized carbons (Fsp3) is 0.526. The third-order valence-corrected chi connectivity index (χ3v) is 6.09. The maximum Gasteiger partial charge on any atom is 0.180 e. The van der Waals surface area contributed by atoms with Crippen LogP contribution < -0.4 is 0 Å². The van der Waals surface area contributed by atoms with Crippen molar-refractivity contribution in [1.29, 1.82) is 0 Å². The van der Waals surface area contributed by atoms with Gasteiger partial charge in [-0.3, -0.25) is 9.69 Å². The van der Waals surface area contributed by atoms with Crippen molar-refractivity contribution in [1.82, 2.24) is 4.90 Å². The number of aromatic hydroxyl groups is 1. The Morgan fingerprint density at radius 1 is 1.36 bits per heavy atom. The first-order valence-corrected chi connectivity index (χ1v) is 8.22. The lowest BCUT2D eigenvalue weighted by atomic mass is 9.52. The SMILES string of the molecule is C#CCN1CC[C@]23CCCC[C@H]2[C@@H]1C(=O)c1ccc(O)cc13. The largest absolute Gasteiger partial charge is 0.508 e. The van der Waals surface area contributed by atoms with Gasteiger partial charge in [0.05, 0.1) is 12.6 Å². The van der Waals surface area contributed by atoms with Gasteiger partial charge in [0.15, 0.2) is 5.78 Å². The number of nitrogens with zero attached hydrogens (tertiary/aromatic N) is 1. The molecule has 0 radical (unpaired) electrons. The van der Waals surface area contributed by atoms with Gasteiger partial charge in [-0.2, -0.15) is 0 Å². The highest BCUT2D eigenvalue weighted by Gasteiger charge is 2.56. The number of hydrogen-bond acceptors (Lipinski definition) is 3. The fourth-order valence-electron chi connectivity index (χ4n) is 5.20. The van der Waals surface area contributed by atoms with Gasteiger partial charge < -0.3 is 5.11 Å². The first kappa shape index (κ1) is 13.8. The Labute approximate surface area is 131 Å². The summed E-state index contributed by atoms with van der Waals surface area (Å²) < 4.78 is 0. The van der Waals surface area contributed by atoms with Gasteiger partial charge in [-0.25, -0.2) is 0 Å². The summed E-state index contributed by atoms with van der Waals surface area (Å²) in [6, 6.07) is 5.23. The Morgan fingerprint density at radius 3 is 3.05 bits per heavy atom. The number of benzene rings is 1. The van der Waals surface area contributed by atoms with Crippen LogP contribution in [0, 0.1) is 18.3 Å². The van der Waals surface area contributed by atoms with E-state index in [-0.39, 0.29) is 23.0 Å². The average Bonchev–Trinajstić information content (AvgIpc) is 2.53. The molecule has 4 rings (SSSR count). The molecule has 0 spiro atoms. The van der Waals surface area contributed by atoms with E-state index < -0.39 is 0 Å². The molecule has 3 aliphatic rings. The summed E-state index contributed by atoms with van der Waals surface area (Å²) in [6.45, 7) is 1.43. The number of phenolic OH excluding ortho intramolecular Hbond substituents is 1. The Morgan fingerprint density at radius 2 is 2.23 bits per heavy atom. The molecule has 3 nitrogen and oxygen atoms in total. The molecule has 3 heteroatoms. The van der Waals surface area contributed by atoms with Crippen LogP contribution in [0.25, 0.3) is 0 Å². The molecule has 0 aromatic heterocycles. The van der Waals surface area contributed by atoms with Gasteiger partial charge in [0.25, 0.3) is 0 Å². The molecule has 22 heavy (non-hydrogen) atoms. The lowest BCUT2D eigenvalue weighted by Gasteiger charge is -2.57. The van der Waals surface area contributed by atoms with Crippen molar-refractivity contribution >= 4 is 5.78 Å². The molecule has 2 aliphatic carbocycles. The van der Waals surface area contributed by atoms with E-state index in [4.69, 9.17) is 6.42 Å². The van der Waals surface area contributed by atoms with Gasteiger partial charge in [-0.1, -0.05) is 18.8 Å². The van der Waals surface area contributed by atoms with Crippen LogP contribution in [0.4, 0.5) is 0 Å². The number of rotatable bonds is 1. The second-order valence-corrected chi connectivity index (χ2v) is 6.97. The number of piperidine rings is 1. The first-order valence-electron chi connectivity index (χ1n) is 8.22. The maximum atomic E-state index is 13.1. The molecule has 2 fully saturated rings. The molecule has 0 unspecified atom stereocenters. The molecule has 1 N–H and O–H groups in total. The number of likely N-dealkylation sites (tertiary alicyclic amines) is 1. The number of hydrogen-bond donors (Lipinski definition) is 1. The van der Waals surface area contributed by atoms with Crippen molar-refractivity contribution in [3.63, 3.8) is 0 Å². The van der Waals surface area contributed by atoms with Gasteiger partial charge in [0.2, 0.25) is 0 Å². The third kappa shape index (κ3) is 1.71. The molecule has 1 heterocycles. The fourth-order valence-corrected chi connectivity index (χ4v) is 5.20. The summed E-state index contributed by atoms with van der Waals surface area (Å²) in [5.41, 5.74) is 1.97. The molecule has 1 aliphatic heterocycles. The third-order valence-electron chi connectivity index (χ3n) is 6.09. The molecular weight excluding hydrogens is 274 g/mol. The van der Waals surface area contributed by atoms with Crippen LogP contribution in [-0.4, -0.2) is 34.9 Å². The molecule has 1 saturated heterocycles. The monoisotopic (exact) mass is 295 g/mol. The van der Waals surface area contributed by atoms with Crippen molar-refractivity contribution in [2.45, 2.75) is 43.6 Å². The summed E-state index contributed by atoms with van der Waals surface area (Å²) in [5, 5.41) is 9.95. The van der Waals surface area contributed by atoms with Crippen molar-refractivity contribution in [2.75, 3.05) is 13.1 Å². The van der Waals surface area contributed by atoms with Gasteiger partial charge in [0, 0.05) is 17.5 Å². The van der Waals surface area contributed by atoms with Crippen molar-refractivity contribution < 1.29 is 9.90 Å². The summed E-state index contributed by atoms with van der Waals surface area (Å²) in [6.07, 6.45) is 11.2. The Bertz CT molecular complexity index is 675. The minimum atomic E-state index is -0.0675. The molecule has 114 valence electrons. The maximum absolute atomic E-state index is 13.1. The average molecular weight is 295 g/mol. The van der Waals surface area contributed by atoms with E-state index in [2.05, 4.69) is 10.8 Å². The lowest BCUT2D eigenvalue weighted by molar-refractivity contribution is 0.00302. The smallest absolute Gasteiger partial charge is 0.180 e. The van der Waals surface area contributed by atoms with Crippen LogP contribution in [0.5, 0.6) is 5.75 Å². The lowest BCUT2D eigenvalue weighted by Crippen LogP contribution is -2.63. The highest BCUT2D eigenvalue weighted by molar-refractivity contribution is 6.04. The minimum Gasteiger partial charge on any atom is -0.508 e. The highest BCUT2D eigenvalue weighted by Crippen LogP contribution is 2.56. The normalized spacial score (nSPS) is 33.7. The Kier molecular flexibility index (Phi) is 3.06. The van der Waals surface area contributed by atoms with Crippen molar-refractivity contribution in [3.05, 3.63) is 29.3 Å². The number of carbonyl (C=O) groups is 1. The number of terminal acetylenes is 1. The highest BCUT2D eigenvalue weighted by atomic mass is 16.3. The number of phenols is 1. The summed E-state index contributed by atoms with van der Waals surface area (Å²) in [4.78, 5) is 15.3. The first-order chi connectivity index (χ1) is 10.7. The zero-order valence-electron chi connectivity index (χ0n) is 12.7. The van der Waals surface area contributed by atoms with Crippen LogP contribution in [0.3, 0.4) is 0 Å². The molecule has 2 bridgehead atoms. The number of fused-ring (bicyclic) bond motifs is 1. The van der Waals surface area contributed by atoms with Crippen LogP contribution in [0.2, 0.25) is 0 Å². The van der Waals surface area contributed by atoms with Gasteiger partial charge in [-0.05, 0) is 48.9 Å². The minimum absolute atomic E-state index is 0.0655. The van der Waals surface area contributed by atoms with Crippen LogP contribution in [0.1, 0.15) is 48.0 Å². The van der Waals surface area contributed by atoms with E-state index in [0.717, 1.165) is 36.9 Å². The van der Waals surface area contributed by atoms with Gasteiger partial charge in [0.1, 0.15) is 5.75 Å². The molecule has 1 aromatic rings. The second-order valence-electron chi connectivity index (χ2n) is 6.97. The summed E-state index contributed by atoms with van der Waals surface area (Å²) in [7, 11) is 0. The molecule has 1 aromatic carbocycles. The van der Waals surface area contributed by atoms with E-state index >= 15 is 0 Å². The van der Waals surface area contributed by atoms with E-state index in [1.54, 1.807) is 6.07 Å². The molecule has 0 amide bonds. The van der Waals surface area contributed by atoms with E-state index in [9.17, 15) is 9.90 Å². The molecule has 3 atom stereocenters. The van der Waals surface area contributed by atoms with Gasteiger partial charge in [-0.15, -0.1) is 6.42 Å². The van der Waals surface area contributed by atoms with Crippen LogP contribution in [-0.2, 0) is 5.41 Å². The topological polar surface area (TPSA) is 40.5 Å². The Balaban J connectivity index is 1.91.